The number of carbonyl (C=O) groups excluding carboxylic acids is 1. The lowest BCUT2D eigenvalue weighted by Gasteiger charge is -2.10. The third-order valence-electron chi connectivity index (χ3n) is 3.03. The van der Waals surface area contributed by atoms with E-state index in [4.69, 9.17) is 11.6 Å². The van der Waals surface area contributed by atoms with Gasteiger partial charge in [-0.3, -0.25) is 4.79 Å². The number of carbonyl (C=O) groups is 1. The Kier molecular flexibility index (Phi) is 6.17. The summed E-state index contributed by atoms with van der Waals surface area (Å²) in [5.41, 5.74) is 0.474. The fourth-order valence-electron chi connectivity index (χ4n) is 2.04. The van der Waals surface area contributed by atoms with Crippen molar-refractivity contribution in [1.82, 2.24) is 15.3 Å². The Hall–Kier alpha value is -2.34. The lowest BCUT2D eigenvalue weighted by Crippen LogP contribution is -2.29. The highest BCUT2D eigenvalue weighted by molar-refractivity contribution is 6.33. The van der Waals surface area contributed by atoms with Crippen molar-refractivity contribution >= 4 is 29.1 Å². The van der Waals surface area contributed by atoms with Crippen LogP contribution in [0.3, 0.4) is 0 Å². The Bertz CT molecular complexity index is 677. The summed E-state index contributed by atoms with van der Waals surface area (Å²) < 4.78 is 0. The molecule has 1 aromatic carbocycles. The first-order chi connectivity index (χ1) is 11.1. The molecule has 1 aromatic heterocycles. The molecule has 0 fully saturated rings. The number of hydrogen-bond donors (Lipinski definition) is 3. The minimum Gasteiger partial charge on any atom is -0.370 e. The van der Waals surface area contributed by atoms with Crippen LogP contribution < -0.4 is 16.0 Å². The molecule has 1 amide bonds. The minimum atomic E-state index is -0.190. The maximum atomic E-state index is 12.0. The van der Waals surface area contributed by atoms with Crippen LogP contribution in [-0.4, -0.2) is 35.5 Å². The zero-order valence-electron chi connectivity index (χ0n) is 13.2. The number of aromatic nitrogens is 2. The van der Waals surface area contributed by atoms with Gasteiger partial charge in [0.25, 0.3) is 5.91 Å². The third kappa shape index (κ3) is 5.10. The number of nitrogens with zero attached hydrogens (tertiary/aromatic N) is 2. The number of hydrogen-bond acceptors (Lipinski definition) is 5. The van der Waals surface area contributed by atoms with Gasteiger partial charge in [-0.25, -0.2) is 9.97 Å². The third-order valence-corrected chi connectivity index (χ3v) is 3.36. The zero-order chi connectivity index (χ0) is 16.7. The van der Waals surface area contributed by atoms with E-state index in [9.17, 15) is 4.79 Å². The zero-order valence-corrected chi connectivity index (χ0v) is 13.9. The van der Waals surface area contributed by atoms with Crippen molar-refractivity contribution in [3.8, 4) is 0 Å². The van der Waals surface area contributed by atoms with Gasteiger partial charge in [0, 0.05) is 25.7 Å². The fourth-order valence-corrected chi connectivity index (χ4v) is 2.26. The second-order valence-electron chi connectivity index (χ2n) is 4.88. The minimum absolute atomic E-state index is 0.190. The Morgan fingerprint density at radius 3 is 2.52 bits per heavy atom. The Morgan fingerprint density at radius 1 is 1.13 bits per heavy atom. The first-order valence-corrected chi connectivity index (χ1v) is 7.84. The van der Waals surface area contributed by atoms with Gasteiger partial charge in [-0.05, 0) is 26.0 Å². The summed E-state index contributed by atoms with van der Waals surface area (Å²) in [6, 6.07) is 8.81. The molecule has 23 heavy (non-hydrogen) atoms. The van der Waals surface area contributed by atoms with E-state index in [-0.39, 0.29) is 5.91 Å². The summed E-state index contributed by atoms with van der Waals surface area (Å²) in [7, 11) is 0. The van der Waals surface area contributed by atoms with Crippen LogP contribution in [0.2, 0.25) is 5.02 Å². The van der Waals surface area contributed by atoms with Crippen molar-refractivity contribution in [1.29, 1.82) is 0 Å². The Morgan fingerprint density at radius 2 is 1.83 bits per heavy atom. The standard InChI is InChI=1S/C16H20ClN5O/c1-3-18-14-10-15(22-11(2)21-14)19-8-9-20-16(23)12-6-4-5-7-13(12)17/h4-7,10H,3,8-9H2,1-2H3,(H,20,23)(H2,18,19,21,22). The smallest absolute Gasteiger partial charge is 0.252 e. The molecule has 0 radical (unpaired) electrons. The molecule has 2 rings (SSSR count). The Balaban J connectivity index is 1.84. The summed E-state index contributed by atoms with van der Waals surface area (Å²) in [5, 5.41) is 9.58. The number of halogens is 1. The van der Waals surface area contributed by atoms with Crippen LogP contribution in [0.5, 0.6) is 0 Å². The molecule has 0 saturated heterocycles. The van der Waals surface area contributed by atoms with Gasteiger partial charge in [-0.15, -0.1) is 0 Å². The van der Waals surface area contributed by atoms with Crippen molar-refractivity contribution in [2.75, 3.05) is 30.3 Å². The number of anilines is 2. The monoisotopic (exact) mass is 333 g/mol. The maximum absolute atomic E-state index is 12.0. The highest BCUT2D eigenvalue weighted by Gasteiger charge is 2.08. The van der Waals surface area contributed by atoms with Crippen LogP contribution in [0.1, 0.15) is 23.1 Å². The van der Waals surface area contributed by atoms with Gasteiger partial charge in [0.05, 0.1) is 10.6 Å². The van der Waals surface area contributed by atoms with Gasteiger partial charge in [0.1, 0.15) is 17.5 Å². The predicted molar refractivity (Wildman–Crippen MR) is 93.2 cm³/mol. The van der Waals surface area contributed by atoms with Gasteiger partial charge in [-0.1, -0.05) is 23.7 Å². The number of benzene rings is 1. The molecule has 1 heterocycles. The molecule has 0 aliphatic heterocycles. The van der Waals surface area contributed by atoms with Crippen LogP contribution >= 0.6 is 11.6 Å². The average molecular weight is 334 g/mol. The number of rotatable bonds is 7. The summed E-state index contributed by atoms with van der Waals surface area (Å²) in [4.78, 5) is 20.6. The SMILES string of the molecule is CCNc1cc(NCCNC(=O)c2ccccc2Cl)nc(C)n1. The van der Waals surface area contributed by atoms with Crippen molar-refractivity contribution in [3.05, 3.63) is 46.7 Å². The maximum Gasteiger partial charge on any atom is 0.252 e. The molecule has 0 aliphatic carbocycles. The quantitative estimate of drug-likeness (QED) is 0.679. The first-order valence-electron chi connectivity index (χ1n) is 7.46. The van der Waals surface area contributed by atoms with E-state index < -0.39 is 0 Å². The molecule has 0 spiro atoms. The number of amides is 1. The van der Waals surface area contributed by atoms with Crippen molar-refractivity contribution in [2.45, 2.75) is 13.8 Å². The van der Waals surface area contributed by atoms with Crippen LogP contribution in [0, 0.1) is 6.92 Å². The van der Waals surface area contributed by atoms with E-state index in [1.54, 1.807) is 24.3 Å². The van der Waals surface area contributed by atoms with Crippen LogP contribution in [0.25, 0.3) is 0 Å². The van der Waals surface area contributed by atoms with E-state index in [1.165, 1.54) is 0 Å². The van der Waals surface area contributed by atoms with Crippen LogP contribution in [0.4, 0.5) is 11.6 Å². The average Bonchev–Trinajstić information content (AvgIpc) is 2.51. The summed E-state index contributed by atoms with van der Waals surface area (Å²) in [6.07, 6.45) is 0. The molecule has 3 N–H and O–H groups in total. The van der Waals surface area contributed by atoms with Gasteiger partial charge >= 0.3 is 0 Å². The highest BCUT2D eigenvalue weighted by atomic mass is 35.5. The number of aryl methyl sites for hydroxylation is 1. The van der Waals surface area contributed by atoms with Crippen molar-refractivity contribution in [3.63, 3.8) is 0 Å². The molecule has 2 aromatic rings. The molecule has 0 bridgehead atoms. The molecule has 0 atom stereocenters. The predicted octanol–water partition coefficient (Wildman–Crippen LogP) is 2.71. The summed E-state index contributed by atoms with van der Waals surface area (Å²) in [5.74, 6) is 2.00. The van der Waals surface area contributed by atoms with E-state index in [0.717, 1.165) is 18.2 Å². The normalized spacial score (nSPS) is 10.2. The molecule has 0 saturated carbocycles. The highest BCUT2D eigenvalue weighted by Crippen LogP contribution is 2.14. The van der Waals surface area contributed by atoms with E-state index >= 15 is 0 Å². The molecule has 7 heteroatoms. The lowest BCUT2D eigenvalue weighted by molar-refractivity contribution is 0.0955. The summed E-state index contributed by atoms with van der Waals surface area (Å²) >= 11 is 5.99. The second-order valence-corrected chi connectivity index (χ2v) is 5.29. The second kappa shape index (κ2) is 8.33. The fraction of sp³-hybridized carbons (Fsp3) is 0.312. The van der Waals surface area contributed by atoms with E-state index in [2.05, 4.69) is 25.9 Å². The Labute approximate surface area is 140 Å². The van der Waals surface area contributed by atoms with Gasteiger partial charge < -0.3 is 16.0 Å². The molecular formula is C16H20ClN5O. The molecule has 0 aliphatic rings. The van der Waals surface area contributed by atoms with Gasteiger partial charge in [0.2, 0.25) is 0 Å². The molecule has 0 unspecified atom stereocenters. The molecule has 122 valence electrons. The van der Waals surface area contributed by atoms with Crippen molar-refractivity contribution < 1.29 is 4.79 Å². The van der Waals surface area contributed by atoms with Crippen LogP contribution in [-0.2, 0) is 0 Å². The topological polar surface area (TPSA) is 78.9 Å². The van der Waals surface area contributed by atoms with E-state index in [0.29, 0.717) is 29.5 Å². The van der Waals surface area contributed by atoms with Crippen molar-refractivity contribution in [2.24, 2.45) is 0 Å². The first kappa shape index (κ1) is 17.0. The molecule has 6 nitrogen and oxygen atoms in total. The lowest BCUT2D eigenvalue weighted by atomic mass is 10.2. The number of nitrogens with one attached hydrogen (secondary N) is 3. The van der Waals surface area contributed by atoms with E-state index in [1.807, 2.05) is 19.9 Å². The van der Waals surface area contributed by atoms with Gasteiger partial charge in [-0.2, -0.15) is 0 Å². The summed E-state index contributed by atoms with van der Waals surface area (Å²) in [6.45, 7) is 5.66. The van der Waals surface area contributed by atoms with Crippen LogP contribution in [0.15, 0.2) is 30.3 Å². The largest absolute Gasteiger partial charge is 0.370 e. The molecular weight excluding hydrogens is 314 g/mol. The van der Waals surface area contributed by atoms with Gasteiger partial charge in [0.15, 0.2) is 0 Å².